The maximum Gasteiger partial charge on any atom is 0.245 e. The van der Waals surface area contributed by atoms with Gasteiger partial charge in [-0.3, -0.25) is 19.2 Å². The summed E-state index contributed by atoms with van der Waals surface area (Å²) >= 11 is 0. The molecule has 2 atom stereocenters. The van der Waals surface area contributed by atoms with E-state index in [2.05, 4.69) is 26.1 Å². The Morgan fingerprint density at radius 3 is 2.03 bits per heavy atom. The number of nitrogens with two attached hydrogens (primary N) is 2. The topological polar surface area (TPSA) is 180 Å². The maximum absolute atomic E-state index is 13.7. The molecule has 39 heavy (non-hydrogen) atoms. The molecule has 0 aliphatic carbocycles. The highest BCUT2D eigenvalue weighted by Crippen LogP contribution is 2.21. The molecule has 0 aliphatic rings. The van der Waals surface area contributed by atoms with Crippen LogP contribution in [0.25, 0.3) is 21.8 Å². The molecule has 9 N–H and O–H groups in total. The highest BCUT2D eigenvalue weighted by molar-refractivity contribution is 5.92. The number of H-pyrrole nitrogens is 2. The van der Waals surface area contributed by atoms with Gasteiger partial charge in [0.15, 0.2) is 0 Å². The monoisotopic (exact) mass is 533 g/mol. The number of aromatic nitrogens is 2. The van der Waals surface area contributed by atoms with Crippen LogP contribution in [-0.2, 0) is 32.1 Å². The molecule has 11 nitrogen and oxygen atoms in total. The number of hydroxylamine groups is 1. The molecule has 11 heteroatoms. The van der Waals surface area contributed by atoms with Crippen LogP contribution >= 0.6 is 0 Å². The van der Waals surface area contributed by atoms with Crippen molar-refractivity contribution >= 4 is 39.5 Å². The summed E-state index contributed by atoms with van der Waals surface area (Å²) in [7, 11) is 0. The third kappa shape index (κ3) is 7.23. The number of para-hydroxylation sites is 2. The smallest absolute Gasteiger partial charge is 0.245 e. The van der Waals surface area contributed by atoms with E-state index in [1.54, 1.807) is 13.8 Å². The fraction of sp³-hybridized carbons (Fsp3) is 0.321. The van der Waals surface area contributed by atoms with E-state index in [9.17, 15) is 14.4 Å². The van der Waals surface area contributed by atoms with Crippen molar-refractivity contribution in [2.24, 2.45) is 11.5 Å². The number of benzene rings is 2. The van der Waals surface area contributed by atoms with Crippen LogP contribution in [0.1, 0.15) is 25.0 Å². The van der Waals surface area contributed by atoms with Gasteiger partial charge >= 0.3 is 0 Å². The highest BCUT2D eigenvalue weighted by atomic mass is 16.6. The molecule has 0 saturated carbocycles. The highest BCUT2D eigenvalue weighted by Gasteiger charge is 2.30. The predicted octanol–water partition coefficient (Wildman–Crippen LogP) is 1.15. The summed E-state index contributed by atoms with van der Waals surface area (Å²) in [6.07, 6.45) is 4.45. The fourth-order valence-electron chi connectivity index (χ4n) is 4.40. The van der Waals surface area contributed by atoms with E-state index in [0.717, 1.165) is 32.9 Å². The van der Waals surface area contributed by atoms with Crippen LogP contribution in [-0.4, -0.2) is 58.5 Å². The van der Waals surface area contributed by atoms with Crippen molar-refractivity contribution in [1.82, 2.24) is 26.1 Å². The van der Waals surface area contributed by atoms with Gasteiger partial charge < -0.3 is 32.1 Å². The van der Waals surface area contributed by atoms with Gasteiger partial charge in [-0.2, -0.15) is 5.48 Å². The van der Waals surface area contributed by atoms with E-state index in [1.807, 2.05) is 60.9 Å². The van der Waals surface area contributed by atoms with Gasteiger partial charge in [0.1, 0.15) is 12.6 Å². The summed E-state index contributed by atoms with van der Waals surface area (Å²) in [6, 6.07) is 14.3. The number of nitrogens with one attached hydrogen (secondary N) is 5. The molecule has 0 saturated heterocycles. The Morgan fingerprint density at radius 2 is 1.46 bits per heavy atom. The summed E-state index contributed by atoms with van der Waals surface area (Å²) in [5, 5.41) is 7.87. The first-order valence-corrected chi connectivity index (χ1v) is 12.7. The van der Waals surface area contributed by atoms with E-state index >= 15 is 0 Å². The minimum Gasteiger partial charge on any atom is -0.368 e. The largest absolute Gasteiger partial charge is 0.368 e. The van der Waals surface area contributed by atoms with Crippen molar-refractivity contribution in [2.45, 2.75) is 44.3 Å². The van der Waals surface area contributed by atoms with E-state index in [1.165, 1.54) is 0 Å². The van der Waals surface area contributed by atoms with Crippen molar-refractivity contribution in [3.8, 4) is 0 Å². The molecule has 0 bridgehead atoms. The van der Waals surface area contributed by atoms with Gasteiger partial charge in [0.05, 0.1) is 5.54 Å². The lowest BCUT2D eigenvalue weighted by Crippen LogP contribution is -2.58. The molecule has 2 heterocycles. The number of hydrogen-bond donors (Lipinski definition) is 7. The lowest BCUT2D eigenvalue weighted by Gasteiger charge is -2.26. The zero-order valence-electron chi connectivity index (χ0n) is 22.0. The summed E-state index contributed by atoms with van der Waals surface area (Å²) in [5.74, 6) is -1.44. The number of rotatable bonds is 13. The second-order valence-corrected chi connectivity index (χ2v) is 10.2. The van der Waals surface area contributed by atoms with Crippen LogP contribution in [0.2, 0.25) is 0 Å². The second-order valence-electron chi connectivity index (χ2n) is 10.2. The third-order valence-corrected chi connectivity index (χ3v) is 6.44. The number of carbonyl (C=O) groups excluding carboxylic acids is 3. The van der Waals surface area contributed by atoms with Crippen molar-refractivity contribution in [2.75, 3.05) is 13.2 Å². The first-order valence-electron chi connectivity index (χ1n) is 12.7. The molecule has 4 aromatic rings. The van der Waals surface area contributed by atoms with Crippen molar-refractivity contribution < 1.29 is 19.2 Å². The molecular weight excluding hydrogens is 498 g/mol. The van der Waals surface area contributed by atoms with Crippen molar-refractivity contribution in [1.29, 1.82) is 0 Å². The summed E-state index contributed by atoms with van der Waals surface area (Å²) in [5.41, 5.74) is 16.5. The molecule has 0 radical (unpaired) electrons. The fourth-order valence-corrected chi connectivity index (χ4v) is 4.40. The number of fused-ring (bicyclic) bond motifs is 2. The summed E-state index contributed by atoms with van der Waals surface area (Å²) in [6.45, 7) is 3.05. The van der Waals surface area contributed by atoms with E-state index in [-0.39, 0.29) is 25.5 Å². The van der Waals surface area contributed by atoms with Crippen LogP contribution in [0, 0.1) is 0 Å². The molecule has 2 aromatic heterocycles. The molecule has 0 spiro atoms. The molecule has 2 unspecified atom stereocenters. The lowest BCUT2D eigenvalue weighted by atomic mass is 10.0. The molecule has 2 aromatic carbocycles. The van der Waals surface area contributed by atoms with E-state index in [0.29, 0.717) is 6.42 Å². The Bertz CT molecular complexity index is 1450. The van der Waals surface area contributed by atoms with Gasteiger partial charge in [-0.1, -0.05) is 36.4 Å². The van der Waals surface area contributed by atoms with Gasteiger partial charge in [-0.25, -0.2) is 0 Å². The average Bonchev–Trinajstić information content (AvgIpc) is 3.49. The van der Waals surface area contributed by atoms with Gasteiger partial charge in [-0.15, -0.1) is 0 Å². The molecule has 4 rings (SSSR count). The first kappa shape index (κ1) is 27.8. The minimum absolute atomic E-state index is 0.189. The molecule has 206 valence electrons. The van der Waals surface area contributed by atoms with Crippen molar-refractivity contribution in [3.63, 3.8) is 0 Å². The standard InChI is InChI=1S/C28H35N7O4/c1-28(2,30)27(38)35-24(12-18-14-32-23-10-6-4-8-21(18)23)26(37)34-19(15-33-39-16-25(29)36)11-17-13-31-22-9-5-3-7-20(17)22/h3-10,13-14,19,24,31-33H,11-12,15-16,30H2,1-2H3,(H2,29,36)(H,34,37)(H,35,38). The molecule has 3 amide bonds. The molecule has 0 aliphatic heterocycles. The van der Waals surface area contributed by atoms with Crippen LogP contribution in [0.5, 0.6) is 0 Å². The van der Waals surface area contributed by atoms with Crippen LogP contribution in [0.15, 0.2) is 60.9 Å². The third-order valence-electron chi connectivity index (χ3n) is 6.44. The van der Waals surface area contributed by atoms with E-state index < -0.39 is 29.4 Å². The average molecular weight is 534 g/mol. The summed E-state index contributed by atoms with van der Waals surface area (Å²) in [4.78, 5) is 49.2. The Balaban J connectivity index is 1.56. The van der Waals surface area contributed by atoms with Gasteiger partial charge in [0, 0.05) is 53.2 Å². The summed E-state index contributed by atoms with van der Waals surface area (Å²) < 4.78 is 0. The molecule has 0 fully saturated rings. The Morgan fingerprint density at radius 1 is 0.897 bits per heavy atom. The molecular formula is C28H35N7O4. The quantitative estimate of drug-likeness (QED) is 0.1000. The van der Waals surface area contributed by atoms with Crippen LogP contribution in [0.4, 0.5) is 0 Å². The number of amides is 3. The van der Waals surface area contributed by atoms with Gasteiger partial charge in [0.2, 0.25) is 17.7 Å². The van der Waals surface area contributed by atoms with Crippen LogP contribution in [0.3, 0.4) is 0 Å². The van der Waals surface area contributed by atoms with Gasteiger partial charge in [-0.05, 0) is 43.5 Å². The zero-order chi connectivity index (χ0) is 28.0. The van der Waals surface area contributed by atoms with Gasteiger partial charge in [0.25, 0.3) is 0 Å². The Hall–Kier alpha value is -4.19. The number of carbonyl (C=O) groups is 3. The SMILES string of the molecule is CC(C)(N)C(=O)NC(Cc1c[nH]c2ccccc12)C(=O)NC(CNOCC(N)=O)Cc1c[nH]c2ccccc12. The normalized spacial score (nSPS) is 13.3. The van der Waals surface area contributed by atoms with Crippen LogP contribution < -0.4 is 27.6 Å². The Labute approximate surface area is 226 Å². The zero-order valence-corrected chi connectivity index (χ0v) is 22.0. The Kier molecular flexibility index (Phi) is 8.65. The number of hydrogen-bond acceptors (Lipinski definition) is 6. The first-order chi connectivity index (χ1) is 18.6. The number of aromatic amines is 2. The van der Waals surface area contributed by atoms with E-state index in [4.69, 9.17) is 16.3 Å². The predicted molar refractivity (Wildman–Crippen MR) is 149 cm³/mol. The lowest BCUT2D eigenvalue weighted by molar-refractivity contribution is -0.131. The number of primary amides is 1. The second kappa shape index (κ2) is 12.1. The maximum atomic E-state index is 13.7. The minimum atomic E-state index is -1.17. The van der Waals surface area contributed by atoms with Crippen molar-refractivity contribution in [3.05, 3.63) is 72.1 Å².